The molecule has 0 aromatic heterocycles. The number of carbonyl (C=O) groups is 1. The van der Waals surface area contributed by atoms with Crippen LogP contribution in [0.5, 0.6) is 0 Å². The van der Waals surface area contributed by atoms with E-state index in [1.54, 1.807) is 6.08 Å². The third kappa shape index (κ3) is 5.90. The fourth-order valence-electron chi connectivity index (χ4n) is 2.14. The highest BCUT2D eigenvalue weighted by molar-refractivity contribution is 5.91. The number of hydrogen-bond donors (Lipinski definition) is 1. The molecule has 0 bridgehead atoms. The largest absolute Gasteiger partial charge is 0.351 e. The second kappa shape index (κ2) is 8.73. The summed E-state index contributed by atoms with van der Waals surface area (Å²) in [6.45, 7) is 4.05. The van der Waals surface area contributed by atoms with Crippen LogP contribution in [0.3, 0.4) is 0 Å². The van der Waals surface area contributed by atoms with E-state index in [-0.39, 0.29) is 18.3 Å². The Bertz CT molecular complexity index is 400. The van der Waals surface area contributed by atoms with Crippen LogP contribution in [0, 0.1) is 0 Å². The van der Waals surface area contributed by atoms with Crippen molar-refractivity contribution in [3.63, 3.8) is 0 Å². The summed E-state index contributed by atoms with van der Waals surface area (Å²) < 4.78 is 0. The minimum atomic E-state index is -0.0157. The Kier molecular flexibility index (Phi) is 7.23. The van der Waals surface area contributed by atoms with Crippen molar-refractivity contribution in [2.24, 2.45) is 0 Å². The van der Waals surface area contributed by atoms with Crippen LogP contribution >= 0.6 is 12.4 Å². The SMILES string of the molecule is Cl.O=C(/C=C/c1ccccc1)NCCN1CCCC1. The number of halogens is 1. The maximum atomic E-state index is 11.6. The molecule has 0 aliphatic carbocycles. The number of nitrogens with zero attached hydrogens (tertiary/aromatic N) is 1. The molecule has 1 N–H and O–H groups in total. The second-order valence-corrected chi connectivity index (χ2v) is 4.58. The molecule has 1 amide bonds. The first-order valence-corrected chi connectivity index (χ1v) is 6.58. The lowest BCUT2D eigenvalue weighted by molar-refractivity contribution is -0.116. The number of hydrogen-bond acceptors (Lipinski definition) is 2. The van der Waals surface area contributed by atoms with Gasteiger partial charge in [-0.2, -0.15) is 0 Å². The number of nitrogens with one attached hydrogen (secondary N) is 1. The van der Waals surface area contributed by atoms with Gasteiger partial charge in [0.1, 0.15) is 0 Å². The van der Waals surface area contributed by atoms with Crippen molar-refractivity contribution in [2.75, 3.05) is 26.2 Å². The van der Waals surface area contributed by atoms with Gasteiger partial charge in [0, 0.05) is 19.2 Å². The molecule has 0 atom stereocenters. The fourth-order valence-corrected chi connectivity index (χ4v) is 2.14. The lowest BCUT2D eigenvalue weighted by Crippen LogP contribution is -2.32. The van der Waals surface area contributed by atoms with Crippen LogP contribution in [0.15, 0.2) is 36.4 Å². The molecule has 2 rings (SSSR count). The highest BCUT2D eigenvalue weighted by atomic mass is 35.5. The number of likely N-dealkylation sites (tertiary alicyclic amines) is 1. The van der Waals surface area contributed by atoms with Gasteiger partial charge in [0.25, 0.3) is 0 Å². The molecule has 1 fully saturated rings. The molecule has 0 radical (unpaired) electrons. The van der Waals surface area contributed by atoms with Gasteiger partial charge in [-0.15, -0.1) is 12.4 Å². The molecule has 1 saturated heterocycles. The summed E-state index contributed by atoms with van der Waals surface area (Å²) in [5.74, 6) is -0.0157. The predicted molar refractivity (Wildman–Crippen MR) is 81.4 cm³/mol. The van der Waals surface area contributed by atoms with Crippen molar-refractivity contribution >= 4 is 24.4 Å². The van der Waals surface area contributed by atoms with E-state index < -0.39 is 0 Å². The van der Waals surface area contributed by atoms with Gasteiger partial charge < -0.3 is 10.2 Å². The number of benzene rings is 1. The lowest BCUT2D eigenvalue weighted by Gasteiger charge is -2.13. The molecule has 0 saturated carbocycles. The van der Waals surface area contributed by atoms with E-state index in [0.717, 1.165) is 18.7 Å². The summed E-state index contributed by atoms with van der Waals surface area (Å²) in [4.78, 5) is 14.0. The Morgan fingerprint density at radius 1 is 1.21 bits per heavy atom. The molecule has 4 heteroatoms. The molecule has 0 spiro atoms. The molecule has 104 valence electrons. The van der Waals surface area contributed by atoms with Gasteiger partial charge in [0.05, 0.1) is 0 Å². The van der Waals surface area contributed by atoms with E-state index in [4.69, 9.17) is 0 Å². The van der Waals surface area contributed by atoms with Crippen LogP contribution in [0.4, 0.5) is 0 Å². The van der Waals surface area contributed by atoms with Crippen LogP contribution in [0.1, 0.15) is 18.4 Å². The summed E-state index contributed by atoms with van der Waals surface area (Å²) in [7, 11) is 0. The van der Waals surface area contributed by atoms with Gasteiger partial charge in [-0.1, -0.05) is 30.3 Å². The van der Waals surface area contributed by atoms with Gasteiger partial charge in [0.15, 0.2) is 0 Å². The van der Waals surface area contributed by atoms with Crippen LogP contribution < -0.4 is 5.32 Å². The first-order chi connectivity index (χ1) is 8.84. The van der Waals surface area contributed by atoms with E-state index in [2.05, 4.69) is 10.2 Å². The summed E-state index contributed by atoms with van der Waals surface area (Å²) >= 11 is 0. The van der Waals surface area contributed by atoms with E-state index in [1.807, 2.05) is 36.4 Å². The van der Waals surface area contributed by atoms with E-state index in [9.17, 15) is 4.79 Å². The fraction of sp³-hybridized carbons (Fsp3) is 0.400. The Balaban J connectivity index is 0.00000180. The number of rotatable bonds is 5. The van der Waals surface area contributed by atoms with E-state index in [0.29, 0.717) is 0 Å². The molecule has 3 nitrogen and oxygen atoms in total. The second-order valence-electron chi connectivity index (χ2n) is 4.58. The Labute approximate surface area is 121 Å². The van der Waals surface area contributed by atoms with Gasteiger partial charge in [-0.05, 0) is 37.6 Å². The van der Waals surface area contributed by atoms with E-state index in [1.165, 1.54) is 25.9 Å². The van der Waals surface area contributed by atoms with Crippen molar-refractivity contribution in [1.29, 1.82) is 0 Å². The summed E-state index contributed by atoms with van der Waals surface area (Å²) in [5, 5.41) is 2.91. The average Bonchev–Trinajstić information content (AvgIpc) is 2.91. The normalized spacial score (nSPS) is 15.4. The Hall–Kier alpha value is -1.32. The third-order valence-corrected chi connectivity index (χ3v) is 3.15. The lowest BCUT2D eigenvalue weighted by atomic mass is 10.2. The van der Waals surface area contributed by atoms with Crippen LogP contribution in [0.25, 0.3) is 6.08 Å². The van der Waals surface area contributed by atoms with Crippen LogP contribution in [0.2, 0.25) is 0 Å². The zero-order valence-corrected chi connectivity index (χ0v) is 11.9. The Morgan fingerprint density at radius 2 is 1.89 bits per heavy atom. The maximum Gasteiger partial charge on any atom is 0.244 e. The molecular weight excluding hydrogens is 260 g/mol. The van der Waals surface area contributed by atoms with Crippen molar-refractivity contribution in [3.8, 4) is 0 Å². The van der Waals surface area contributed by atoms with Crippen molar-refractivity contribution in [1.82, 2.24) is 10.2 Å². The van der Waals surface area contributed by atoms with Gasteiger partial charge >= 0.3 is 0 Å². The minimum absolute atomic E-state index is 0. The molecule has 1 aromatic carbocycles. The molecule has 19 heavy (non-hydrogen) atoms. The molecule has 1 aliphatic rings. The molecule has 0 unspecified atom stereocenters. The monoisotopic (exact) mass is 280 g/mol. The predicted octanol–water partition coefficient (Wildman–Crippen LogP) is 2.33. The summed E-state index contributed by atoms with van der Waals surface area (Å²) in [6, 6.07) is 9.85. The molecule has 1 aromatic rings. The standard InChI is InChI=1S/C15H20N2O.ClH/c18-15(9-8-14-6-2-1-3-7-14)16-10-13-17-11-4-5-12-17;/h1-3,6-9H,4-5,10-13H2,(H,16,18);1H/b9-8+;. The zero-order valence-electron chi connectivity index (χ0n) is 11.0. The topological polar surface area (TPSA) is 32.3 Å². The highest BCUT2D eigenvalue weighted by Crippen LogP contribution is 2.05. The molecule has 1 aliphatic heterocycles. The van der Waals surface area contributed by atoms with Crippen molar-refractivity contribution in [2.45, 2.75) is 12.8 Å². The van der Waals surface area contributed by atoms with E-state index >= 15 is 0 Å². The maximum absolute atomic E-state index is 11.6. The first kappa shape index (κ1) is 15.7. The minimum Gasteiger partial charge on any atom is -0.351 e. The highest BCUT2D eigenvalue weighted by Gasteiger charge is 2.10. The molecular formula is C15H21ClN2O. The van der Waals surface area contributed by atoms with Gasteiger partial charge in [0.2, 0.25) is 5.91 Å². The van der Waals surface area contributed by atoms with Crippen molar-refractivity contribution in [3.05, 3.63) is 42.0 Å². The van der Waals surface area contributed by atoms with Gasteiger partial charge in [-0.25, -0.2) is 0 Å². The van der Waals surface area contributed by atoms with Crippen molar-refractivity contribution < 1.29 is 4.79 Å². The zero-order chi connectivity index (χ0) is 12.6. The summed E-state index contributed by atoms with van der Waals surface area (Å²) in [5.41, 5.74) is 1.05. The quantitative estimate of drug-likeness (QED) is 0.840. The summed E-state index contributed by atoms with van der Waals surface area (Å²) in [6.07, 6.45) is 6.02. The Morgan fingerprint density at radius 3 is 2.58 bits per heavy atom. The number of amides is 1. The average molecular weight is 281 g/mol. The van der Waals surface area contributed by atoms with Gasteiger partial charge in [-0.3, -0.25) is 4.79 Å². The third-order valence-electron chi connectivity index (χ3n) is 3.15. The first-order valence-electron chi connectivity index (χ1n) is 6.58. The molecule has 1 heterocycles. The smallest absolute Gasteiger partial charge is 0.244 e. The van der Waals surface area contributed by atoms with Crippen LogP contribution in [-0.4, -0.2) is 37.0 Å². The van der Waals surface area contributed by atoms with Crippen LogP contribution in [-0.2, 0) is 4.79 Å². The number of carbonyl (C=O) groups excluding carboxylic acids is 1.